The van der Waals surface area contributed by atoms with Crippen LogP contribution in [0.15, 0.2) is 35.3 Å². The summed E-state index contributed by atoms with van der Waals surface area (Å²) in [6.45, 7) is 9.09. The predicted molar refractivity (Wildman–Crippen MR) is 145 cm³/mol. The number of guanidine groups is 1. The van der Waals surface area contributed by atoms with Crippen LogP contribution >= 0.6 is 24.0 Å². The first-order valence-electron chi connectivity index (χ1n) is 11.7. The number of rotatable bonds is 7. The van der Waals surface area contributed by atoms with Gasteiger partial charge in [-0.3, -0.25) is 4.99 Å². The quantitative estimate of drug-likeness (QED) is 0.233. The highest BCUT2D eigenvalue weighted by atomic mass is 127. The van der Waals surface area contributed by atoms with Gasteiger partial charge < -0.3 is 15.1 Å². The first-order chi connectivity index (χ1) is 14.8. The van der Waals surface area contributed by atoms with Crippen LogP contribution < -0.4 is 5.32 Å². The minimum absolute atomic E-state index is 0. The zero-order chi connectivity index (χ0) is 22.3. The summed E-state index contributed by atoms with van der Waals surface area (Å²) in [5.41, 5.74) is 1.47. The molecule has 2 aliphatic rings. The average molecular weight is 577 g/mol. The number of benzene rings is 1. The van der Waals surface area contributed by atoms with Crippen LogP contribution in [0.2, 0.25) is 0 Å². The van der Waals surface area contributed by atoms with E-state index in [4.69, 9.17) is 0 Å². The van der Waals surface area contributed by atoms with E-state index in [0.717, 1.165) is 31.4 Å². The molecule has 8 heteroatoms. The lowest BCUT2D eigenvalue weighted by atomic mass is 9.90. The van der Waals surface area contributed by atoms with Gasteiger partial charge in [0.1, 0.15) is 0 Å². The molecule has 0 amide bonds. The van der Waals surface area contributed by atoms with E-state index in [-0.39, 0.29) is 29.7 Å². The highest BCUT2D eigenvalue weighted by Crippen LogP contribution is 2.24. The van der Waals surface area contributed by atoms with Crippen LogP contribution in [0, 0.1) is 5.92 Å². The molecule has 0 atom stereocenters. The van der Waals surface area contributed by atoms with Crippen LogP contribution in [-0.4, -0.2) is 81.0 Å². The van der Waals surface area contributed by atoms with Gasteiger partial charge in [-0.15, -0.1) is 24.0 Å². The summed E-state index contributed by atoms with van der Waals surface area (Å²) in [6.07, 6.45) is 6.08. The van der Waals surface area contributed by atoms with Crippen molar-refractivity contribution in [2.45, 2.75) is 50.7 Å². The number of aliphatic imine (C=N–C) groups is 1. The number of piperidine rings is 1. The monoisotopic (exact) mass is 576 g/mol. The molecule has 2 aliphatic heterocycles. The summed E-state index contributed by atoms with van der Waals surface area (Å²) >= 11 is 0. The number of likely N-dealkylation sites (tertiary alicyclic amines) is 1. The minimum Gasteiger partial charge on any atom is -0.356 e. The lowest BCUT2D eigenvalue weighted by Crippen LogP contribution is -2.57. The summed E-state index contributed by atoms with van der Waals surface area (Å²) in [4.78, 5) is 9.07. The topological polar surface area (TPSA) is 65.0 Å². The van der Waals surface area contributed by atoms with Crippen LogP contribution in [0.5, 0.6) is 0 Å². The van der Waals surface area contributed by atoms with Crippen LogP contribution in [0.3, 0.4) is 0 Å². The minimum atomic E-state index is -3.03. The second kappa shape index (κ2) is 12.6. The highest BCUT2D eigenvalue weighted by molar-refractivity contribution is 14.0. The number of hydrogen-bond acceptors (Lipinski definition) is 4. The van der Waals surface area contributed by atoms with E-state index in [9.17, 15) is 8.42 Å². The van der Waals surface area contributed by atoms with Gasteiger partial charge in [-0.25, -0.2) is 8.42 Å². The van der Waals surface area contributed by atoms with Crippen LogP contribution in [0.4, 0.5) is 0 Å². The maximum atomic E-state index is 12.2. The van der Waals surface area contributed by atoms with Crippen molar-refractivity contribution in [3.63, 3.8) is 0 Å². The molecule has 0 aliphatic carbocycles. The van der Waals surface area contributed by atoms with Crippen LogP contribution in [0.25, 0.3) is 0 Å². The zero-order valence-electron chi connectivity index (χ0n) is 19.9. The van der Waals surface area contributed by atoms with Gasteiger partial charge in [0.05, 0.1) is 10.5 Å². The van der Waals surface area contributed by atoms with Gasteiger partial charge in [-0.05, 0) is 77.1 Å². The smallest absolute Gasteiger partial charge is 0.193 e. The number of hydrogen-bond donors (Lipinski definition) is 1. The third-order valence-corrected chi connectivity index (χ3v) is 9.35. The van der Waals surface area contributed by atoms with E-state index in [1.54, 1.807) is 7.05 Å². The molecule has 1 aromatic rings. The maximum absolute atomic E-state index is 12.2. The molecule has 2 fully saturated rings. The largest absolute Gasteiger partial charge is 0.356 e. The Morgan fingerprint density at radius 3 is 2.44 bits per heavy atom. The number of halogens is 1. The molecule has 32 heavy (non-hydrogen) atoms. The molecule has 0 aromatic heterocycles. The Kier molecular flexibility index (Phi) is 10.7. The van der Waals surface area contributed by atoms with Gasteiger partial charge in [0.2, 0.25) is 0 Å². The van der Waals surface area contributed by atoms with Gasteiger partial charge >= 0.3 is 0 Å². The molecule has 182 valence electrons. The lowest BCUT2D eigenvalue weighted by molar-refractivity contribution is 0.181. The van der Waals surface area contributed by atoms with Crippen molar-refractivity contribution in [3.05, 3.63) is 35.9 Å². The molecule has 3 rings (SSSR count). The Balaban J connectivity index is 0.00000363. The van der Waals surface area contributed by atoms with E-state index < -0.39 is 14.6 Å². The van der Waals surface area contributed by atoms with Crippen molar-refractivity contribution in [2.24, 2.45) is 10.9 Å². The van der Waals surface area contributed by atoms with Crippen molar-refractivity contribution in [1.29, 1.82) is 0 Å². The summed E-state index contributed by atoms with van der Waals surface area (Å²) in [5.74, 6) is 1.84. The van der Waals surface area contributed by atoms with Gasteiger partial charge in [-0.2, -0.15) is 0 Å². The molecule has 1 aromatic carbocycles. The molecular weight excluding hydrogens is 535 g/mol. The molecule has 0 radical (unpaired) electrons. The Morgan fingerprint density at radius 2 is 1.81 bits per heavy atom. The maximum Gasteiger partial charge on any atom is 0.193 e. The lowest BCUT2D eigenvalue weighted by Gasteiger charge is -2.39. The van der Waals surface area contributed by atoms with Gasteiger partial charge in [-0.1, -0.05) is 30.3 Å². The van der Waals surface area contributed by atoms with Crippen LogP contribution in [0.1, 0.15) is 45.1 Å². The summed E-state index contributed by atoms with van der Waals surface area (Å²) in [7, 11) is -1.25. The molecule has 1 N–H and O–H groups in total. The second-order valence-electron chi connectivity index (χ2n) is 9.66. The molecule has 0 saturated carbocycles. The summed E-state index contributed by atoms with van der Waals surface area (Å²) in [5, 5.41) is 3.44. The van der Waals surface area contributed by atoms with E-state index in [1.165, 1.54) is 44.3 Å². The first-order valence-corrected chi connectivity index (χ1v) is 13.4. The Labute approximate surface area is 212 Å². The Bertz CT molecular complexity index is 822. The number of nitrogens with one attached hydrogen (secondary N) is 1. The van der Waals surface area contributed by atoms with Crippen molar-refractivity contribution in [2.75, 3.05) is 52.1 Å². The molecule has 2 heterocycles. The summed E-state index contributed by atoms with van der Waals surface area (Å²) < 4.78 is 23.7. The van der Waals surface area contributed by atoms with E-state index in [1.807, 2.05) is 13.8 Å². The number of unbranched alkanes of at least 4 members (excludes halogenated alkanes) is 1. The van der Waals surface area contributed by atoms with Gasteiger partial charge in [0.15, 0.2) is 15.8 Å². The van der Waals surface area contributed by atoms with E-state index in [2.05, 4.69) is 50.4 Å². The molecule has 0 spiro atoms. The molecule has 0 bridgehead atoms. The zero-order valence-corrected chi connectivity index (χ0v) is 23.1. The Hall–Kier alpha value is -0.870. The van der Waals surface area contributed by atoms with E-state index >= 15 is 0 Å². The molecular formula is C24H41IN4O2S. The molecule has 6 nitrogen and oxygen atoms in total. The average Bonchev–Trinajstić information content (AvgIpc) is 2.75. The number of sulfone groups is 1. The molecule has 2 saturated heterocycles. The Morgan fingerprint density at radius 1 is 1.12 bits per heavy atom. The third kappa shape index (κ3) is 7.58. The van der Waals surface area contributed by atoms with Gasteiger partial charge in [0.25, 0.3) is 0 Å². The highest BCUT2D eigenvalue weighted by Gasteiger charge is 2.40. The predicted octanol–water partition coefficient (Wildman–Crippen LogP) is 3.42. The van der Waals surface area contributed by atoms with Crippen molar-refractivity contribution >= 4 is 39.8 Å². The van der Waals surface area contributed by atoms with Crippen molar-refractivity contribution < 1.29 is 8.42 Å². The normalized spacial score (nSPS) is 21.7. The standard InChI is InChI=1S/C24H40N4O2S.HI/c1-24(2)20-28(17-18-31(24,29)30)23(25-3)26-13-7-8-14-27-15-11-22(12-16-27)19-21-9-5-4-6-10-21;/h4-6,9-10,22H,7-8,11-20H2,1-3H3,(H,25,26);1H. The fourth-order valence-corrected chi connectivity index (χ4v) is 6.04. The van der Waals surface area contributed by atoms with Gasteiger partial charge in [0, 0.05) is 26.7 Å². The summed E-state index contributed by atoms with van der Waals surface area (Å²) in [6, 6.07) is 10.9. The second-order valence-corrected chi connectivity index (χ2v) is 12.4. The number of nitrogens with zero attached hydrogens (tertiary/aromatic N) is 3. The van der Waals surface area contributed by atoms with Crippen molar-refractivity contribution in [3.8, 4) is 0 Å². The molecule has 0 unspecified atom stereocenters. The third-order valence-electron chi connectivity index (χ3n) is 6.81. The SMILES string of the molecule is CN=C(NCCCCN1CCC(Cc2ccccc2)CC1)N1CCS(=O)(=O)C(C)(C)C1.I. The van der Waals surface area contributed by atoms with Crippen LogP contribution in [-0.2, 0) is 16.3 Å². The van der Waals surface area contributed by atoms with E-state index in [0.29, 0.717) is 13.1 Å². The fraction of sp³-hybridized carbons (Fsp3) is 0.708. The fourth-order valence-electron chi connectivity index (χ4n) is 4.68. The first kappa shape index (κ1) is 27.4. The van der Waals surface area contributed by atoms with Crippen molar-refractivity contribution in [1.82, 2.24) is 15.1 Å².